The Labute approximate surface area is 103 Å². The van der Waals surface area contributed by atoms with E-state index in [9.17, 15) is 13.2 Å². The molecule has 94 valence electrons. The number of rotatable bonds is 3. The molecule has 1 N–H and O–H groups in total. The number of likely N-dealkylation sites (N-methyl/N-ethyl adjacent to an activating group) is 1. The molecule has 1 aliphatic carbocycles. The maximum absolute atomic E-state index is 12.8. The number of nitrogens with one attached hydrogen (secondary N) is 1. The molecule has 0 saturated heterocycles. The molecule has 1 aliphatic rings. The number of alkyl halides is 3. The number of hydrogen-bond donors (Lipinski definition) is 1. The summed E-state index contributed by atoms with van der Waals surface area (Å²) in [5.41, 5.74) is -0.450. The van der Waals surface area contributed by atoms with Crippen molar-refractivity contribution in [1.82, 2.24) is 5.32 Å². The van der Waals surface area contributed by atoms with Crippen molar-refractivity contribution in [3.8, 4) is 0 Å². The Balaban J connectivity index is 2.33. The smallest absolute Gasteiger partial charge is 0.314 e. The average molecular weight is 264 g/mol. The van der Waals surface area contributed by atoms with E-state index < -0.39 is 11.7 Å². The van der Waals surface area contributed by atoms with E-state index in [1.54, 1.807) is 7.05 Å². The van der Waals surface area contributed by atoms with Gasteiger partial charge in [-0.25, -0.2) is 0 Å². The molecule has 0 aliphatic heterocycles. The zero-order valence-electron chi connectivity index (χ0n) is 9.37. The largest absolute Gasteiger partial charge is 0.416 e. The van der Waals surface area contributed by atoms with Crippen LogP contribution in [0, 0.1) is 0 Å². The molecule has 17 heavy (non-hydrogen) atoms. The Bertz CT molecular complexity index is 424. The normalized spacial score (nSPS) is 18.2. The lowest BCUT2D eigenvalue weighted by molar-refractivity contribution is -0.138. The average Bonchev–Trinajstić information content (AvgIpc) is 3.00. The molecule has 1 nitrogen and oxygen atoms in total. The zero-order chi connectivity index (χ0) is 12.7. The van der Waals surface area contributed by atoms with E-state index in [2.05, 4.69) is 5.32 Å². The molecule has 1 fully saturated rings. The molecule has 0 spiro atoms. The van der Waals surface area contributed by atoms with Gasteiger partial charge in [0.1, 0.15) is 0 Å². The lowest BCUT2D eigenvalue weighted by Gasteiger charge is -2.18. The third-order valence-corrected chi connectivity index (χ3v) is 3.53. The number of hydrogen-bond acceptors (Lipinski definition) is 1. The molecule has 1 aromatic carbocycles. The molecule has 1 saturated carbocycles. The van der Waals surface area contributed by atoms with E-state index in [1.165, 1.54) is 12.1 Å². The Morgan fingerprint density at radius 1 is 1.35 bits per heavy atom. The quantitative estimate of drug-likeness (QED) is 0.878. The monoisotopic (exact) mass is 263 g/mol. The van der Waals surface area contributed by atoms with Crippen LogP contribution in [0.15, 0.2) is 18.2 Å². The van der Waals surface area contributed by atoms with Gasteiger partial charge in [0.15, 0.2) is 0 Å². The molecule has 0 heterocycles. The molecule has 0 bridgehead atoms. The molecule has 5 heteroatoms. The van der Waals surface area contributed by atoms with Gasteiger partial charge in [0.2, 0.25) is 0 Å². The SMILES string of the molecule is CNC1(Cc2ccc(Cl)cc2C(F)(F)F)CC1. The summed E-state index contributed by atoms with van der Waals surface area (Å²) in [6, 6.07) is 3.99. The molecule has 0 atom stereocenters. The van der Waals surface area contributed by atoms with Crippen molar-refractivity contribution in [2.75, 3.05) is 7.05 Å². The highest BCUT2D eigenvalue weighted by Gasteiger charge is 2.43. The predicted molar refractivity (Wildman–Crippen MR) is 61.2 cm³/mol. The van der Waals surface area contributed by atoms with E-state index in [0.717, 1.165) is 18.9 Å². The highest BCUT2D eigenvalue weighted by Crippen LogP contribution is 2.41. The van der Waals surface area contributed by atoms with Crippen molar-refractivity contribution in [2.24, 2.45) is 0 Å². The summed E-state index contributed by atoms with van der Waals surface area (Å²) in [5, 5.41) is 3.21. The fraction of sp³-hybridized carbons (Fsp3) is 0.500. The fourth-order valence-electron chi connectivity index (χ4n) is 2.00. The second kappa shape index (κ2) is 4.18. The standard InChI is InChI=1S/C12H13ClF3N/c1-17-11(4-5-11)7-8-2-3-9(13)6-10(8)12(14,15)16/h2-3,6,17H,4-5,7H2,1H3. The molecular weight excluding hydrogens is 251 g/mol. The van der Waals surface area contributed by atoms with Crippen molar-refractivity contribution in [1.29, 1.82) is 0 Å². The van der Waals surface area contributed by atoms with E-state index in [1.807, 2.05) is 0 Å². The van der Waals surface area contributed by atoms with Crippen LogP contribution < -0.4 is 5.32 Å². The van der Waals surface area contributed by atoms with Crippen LogP contribution in [-0.4, -0.2) is 12.6 Å². The van der Waals surface area contributed by atoms with Crippen LogP contribution in [0.25, 0.3) is 0 Å². The van der Waals surface area contributed by atoms with E-state index in [0.29, 0.717) is 12.0 Å². The summed E-state index contributed by atoms with van der Waals surface area (Å²) < 4.78 is 38.5. The van der Waals surface area contributed by atoms with Gasteiger partial charge < -0.3 is 5.32 Å². The summed E-state index contributed by atoms with van der Waals surface area (Å²) in [5.74, 6) is 0. The predicted octanol–water partition coefficient (Wildman–Crippen LogP) is 3.65. The van der Waals surface area contributed by atoms with Crippen molar-refractivity contribution in [3.05, 3.63) is 34.3 Å². The highest BCUT2D eigenvalue weighted by molar-refractivity contribution is 6.30. The minimum atomic E-state index is -4.34. The van der Waals surface area contributed by atoms with E-state index in [4.69, 9.17) is 11.6 Å². The van der Waals surface area contributed by atoms with Gasteiger partial charge in [0.05, 0.1) is 5.56 Å². The maximum Gasteiger partial charge on any atom is 0.416 e. The fourth-order valence-corrected chi connectivity index (χ4v) is 2.17. The van der Waals surface area contributed by atoms with Crippen LogP contribution >= 0.6 is 11.6 Å². The lowest BCUT2D eigenvalue weighted by Crippen LogP contribution is -2.30. The van der Waals surface area contributed by atoms with Crippen LogP contribution in [0.4, 0.5) is 13.2 Å². The van der Waals surface area contributed by atoms with Crippen LogP contribution in [-0.2, 0) is 12.6 Å². The topological polar surface area (TPSA) is 12.0 Å². The Morgan fingerprint density at radius 3 is 2.47 bits per heavy atom. The molecule has 0 aromatic heterocycles. The molecule has 1 aromatic rings. The Kier molecular flexibility index (Phi) is 3.12. The minimum absolute atomic E-state index is 0.121. The van der Waals surface area contributed by atoms with Crippen molar-refractivity contribution < 1.29 is 13.2 Å². The van der Waals surface area contributed by atoms with Crippen molar-refractivity contribution in [3.63, 3.8) is 0 Å². The summed E-state index contributed by atoms with van der Waals surface area (Å²) >= 11 is 5.63. The van der Waals surface area contributed by atoms with Gasteiger partial charge in [-0.3, -0.25) is 0 Å². The van der Waals surface area contributed by atoms with Crippen LogP contribution in [0.2, 0.25) is 5.02 Å². The molecule has 0 amide bonds. The first-order valence-corrected chi connectivity index (χ1v) is 5.79. The van der Waals surface area contributed by atoms with Gasteiger partial charge in [-0.15, -0.1) is 0 Å². The van der Waals surface area contributed by atoms with Gasteiger partial charge in [-0.05, 0) is 44.0 Å². The Morgan fingerprint density at radius 2 is 2.00 bits per heavy atom. The molecular formula is C12H13ClF3N. The van der Waals surface area contributed by atoms with E-state index >= 15 is 0 Å². The summed E-state index contributed by atoms with van der Waals surface area (Å²) in [6.07, 6.45) is -2.10. The molecule has 0 unspecified atom stereocenters. The zero-order valence-corrected chi connectivity index (χ0v) is 10.1. The van der Waals surface area contributed by atoms with Gasteiger partial charge in [-0.1, -0.05) is 17.7 Å². The first-order valence-electron chi connectivity index (χ1n) is 5.41. The lowest BCUT2D eigenvalue weighted by atomic mass is 9.98. The number of halogens is 4. The minimum Gasteiger partial charge on any atom is -0.314 e. The van der Waals surface area contributed by atoms with Crippen molar-refractivity contribution >= 4 is 11.6 Å². The van der Waals surface area contributed by atoms with Gasteiger partial charge in [-0.2, -0.15) is 13.2 Å². The van der Waals surface area contributed by atoms with Gasteiger partial charge in [0, 0.05) is 10.6 Å². The second-order valence-electron chi connectivity index (χ2n) is 4.51. The summed E-state index contributed by atoms with van der Waals surface area (Å²) in [6.45, 7) is 0. The van der Waals surface area contributed by atoms with E-state index in [-0.39, 0.29) is 10.6 Å². The van der Waals surface area contributed by atoms with Crippen LogP contribution in [0.5, 0.6) is 0 Å². The summed E-state index contributed by atoms with van der Waals surface area (Å²) in [7, 11) is 1.79. The molecule has 2 rings (SSSR count). The van der Waals surface area contributed by atoms with Gasteiger partial charge in [0.25, 0.3) is 0 Å². The number of benzene rings is 1. The Hall–Kier alpha value is -0.740. The second-order valence-corrected chi connectivity index (χ2v) is 4.94. The first-order chi connectivity index (χ1) is 7.86. The highest BCUT2D eigenvalue weighted by atomic mass is 35.5. The van der Waals surface area contributed by atoms with Crippen LogP contribution in [0.1, 0.15) is 24.0 Å². The third-order valence-electron chi connectivity index (χ3n) is 3.29. The van der Waals surface area contributed by atoms with Gasteiger partial charge >= 0.3 is 6.18 Å². The maximum atomic E-state index is 12.8. The van der Waals surface area contributed by atoms with Crippen LogP contribution in [0.3, 0.4) is 0 Å². The molecule has 0 radical (unpaired) electrons. The first kappa shape index (κ1) is 12.7. The van der Waals surface area contributed by atoms with Crippen molar-refractivity contribution in [2.45, 2.75) is 31.0 Å². The third kappa shape index (κ3) is 2.75. The summed E-state index contributed by atoms with van der Waals surface area (Å²) in [4.78, 5) is 0.